The van der Waals surface area contributed by atoms with Gasteiger partial charge in [0.15, 0.2) is 0 Å². The molecule has 1 aromatic rings. The predicted octanol–water partition coefficient (Wildman–Crippen LogP) is 2.45. The van der Waals surface area contributed by atoms with Crippen LogP contribution in [0.4, 0.5) is 4.39 Å². The van der Waals surface area contributed by atoms with E-state index in [1.165, 1.54) is 6.07 Å². The number of hydrogen-bond acceptors (Lipinski definition) is 3. The molecule has 0 saturated carbocycles. The largest absolute Gasteiger partial charge is 0.480 e. The zero-order valence-corrected chi connectivity index (χ0v) is 11.8. The lowest BCUT2D eigenvalue weighted by Gasteiger charge is -2.50. The third-order valence-corrected chi connectivity index (χ3v) is 3.71. The molecule has 0 aliphatic carbocycles. The number of ether oxygens (including phenoxy) is 1. The molecule has 110 valence electrons. The Morgan fingerprint density at radius 3 is 2.70 bits per heavy atom. The Labute approximate surface area is 118 Å². The van der Waals surface area contributed by atoms with Gasteiger partial charge in [0.25, 0.3) is 0 Å². The minimum Gasteiger partial charge on any atom is -0.480 e. The summed E-state index contributed by atoms with van der Waals surface area (Å²) in [4.78, 5) is 12.7. The lowest BCUT2D eigenvalue weighted by molar-refractivity contribution is -0.170. The first-order valence-electron chi connectivity index (χ1n) is 6.79. The second kappa shape index (κ2) is 5.89. The van der Waals surface area contributed by atoms with Crippen molar-refractivity contribution in [2.24, 2.45) is 0 Å². The molecule has 1 unspecified atom stereocenters. The monoisotopic (exact) mass is 281 g/mol. The van der Waals surface area contributed by atoms with Crippen molar-refractivity contribution in [3.63, 3.8) is 0 Å². The molecule has 5 heteroatoms. The minimum atomic E-state index is -0.967. The normalized spacial score (nSPS) is 19.4. The summed E-state index contributed by atoms with van der Waals surface area (Å²) in [5.74, 6) is -1.16. The highest BCUT2D eigenvalue weighted by atomic mass is 19.1. The molecule has 0 amide bonds. The van der Waals surface area contributed by atoms with E-state index >= 15 is 0 Å². The lowest BCUT2D eigenvalue weighted by atomic mass is 9.90. The molecule has 1 aliphatic heterocycles. The summed E-state index contributed by atoms with van der Waals surface area (Å²) in [7, 11) is 0. The molecule has 0 radical (unpaired) electrons. The molecule has 1 fully saturated rings. The topological polar surface area (TPSA) is 49.8 Å². The van der Waals surface area contributed by atoms with Crippen LogP contribution in [0.1, 0.15) is 31.9 Å². The Morgan fingerprint density at radius 2 is 2.15 bits per heavy atom. The molecule has 0 bridgehead atoms. The Bertz CT molecular complexity index is 486. The molecule has 20 heavy (non-hydrogen) atoms. The van der Waals surface area contributed by atoms with Crippen LogP contribution in [0.3, 0.4) is 0 Å². The van der Waals surface area contributed by atoms with Gasteiger partial charge in [-0.05, 0) is 19.4 Å². The van der Waals surface area contributed by atoms with E-state index in [4.69, 9.17) is 9.84 Å². The van der Waals surface area contributed by atoms with Crippen molar-refractivity contribution in [2.75, 3.05) is 19.7 Å². The second-order valence-electron chi connectivity index (χ2n) is 5.48. The van der Waals surface area contributed by atoms with Gasteiger partial charge in [-0.2, -0.15) is 0 Å². The van der Waals surface area contributed by atoms with Crippen LogP contribution in [0.15, 0.2) is 24.3 Å². The SMILES string of the molecule is CCC(c1ccccc1F)N1CC(C)(OCC(=O)O)C1. The fraction of sp³-hybridized carbons (Fsp3) is 0.533. The van der Waals surface area contributed by atoms with Gasteiger partial charge >= 0.3 is 5.97 Å². The number of hydrogen-bond donors (Lipinski definition) is 1. The van der Waals surface area contributed by atoms with E-state index in [0.717, 1.165) is 6.42 Å². The van der Waals surface area contributed by atoms with Crippen LogP contribution < -0.4 is 0 Å². The van der Waals surface area contributed by atoms with E-state index in [-0.39, 0.29) is 18.5 Å². The van der Waals surface area contributed by atoms with Gasteiger partial charge in [-0.25, -0.2) is 9.18 Å². The van der Waals surface area contributed by atoms with Crippen molar-refractivity contribution in [1.82, 2.24) is 4.90 Å². The number of likely N-dealkylation sites (tertiary alicyclic amines) is 1. The average molecular weight is 281 g/mol. The van der Waals surface area contributed by atoms with Crippen molar-refractivity contribution >= 4 is 5.97 Å². The number of nitrogens with zero attached hydrogens (tertiary/aromatic N) is 1. The summed E-state index contributed by atoms with van der Waals surface area (Å²) >= 11 is 0. The number of carboxylic acids is 1. The summed E-state index contributed by atoms with van der Waals surface area (Å²) < 4.78 is 19.2. The summed E-state index contributed by atoms with van der Waals surface area (Å²) in [6, 6.07) is 6.80. The number of carbonyl (C=O) groups is 1. The number of halogens is 1. The molecule has 1 atom stereocenters. The minimum absolute atomic E-state index is 0.0118. The second-order valence-corrected chi connectivity index (χ2v) is 5.48. The predicted molar refractivity (Wildman–Crippen MR) is 73.0 cm³/mol. The van der Waals surface area contributed by atoms with E-state index in [0.29, 0.717) is 18.7 Å². The molecular weight excluding hydrogens is 261 g/mol. The molecule has 1 heterocycles. The Morgan fingerprint density at radius 1 is 1.50 bits per heavy atom. The smallest absolute Gasteiger partial charge is 0.329 e. The van der Waals surface area contributed by atoms with Gasteiger partial charge in [0.1, 0.15) is 12.4 Å². The first-order valence-corrected chi connectivity index (χ1v) is 6.79. The first kappa shape index (κ1) is 14.9. The summed E-state index contributed by atoms with van der Waals surface area (Å²) in [6.45, 7) is 4.85. The van der Waals surface area contributed by atoms with E-state index in [9.17, 15) is 9.18 Å². The first-order chi connectivity index (χ1) is 9.45. The average Bonchev–Trinajstić information content (AvgIpc) is 2.37. The molecule has 0 aromatic heterocycles. The van der Waals surface area contributed by atoms with E-state index in [2.05, 4.69) is 4.90 Å². The fourth-order valence-electron chi connectivity index (χ4n) is 2.78. The number of carboxylic acid groups (broad SMARTS) is 1. The molecule has 0 spiro atoms. The summed E-state index contributed by atoms with van der Waals surface area (Å²) in [6.07, 6.45) is 0.802. The van der Waals surface area contributed by atoms with E-state index in [1.54, 1.807) is 12.1 Å². The maximum Gasteiger partial charge on any atom is 0.329 e. The third-order valence-electron chi connectivity index (χ3n) is 3.71. The van der Waals surface area contributed by atoms with Gasteiger partial charge in [-0.1, -0.05) is 25.1 Å². The highest BCUT2D eigenvalue weighted by Crippen LogP contribution is 2.35. The lowest BCUT2D eigenvalue weighted by Crippen LogP contribution is -2.62. The van der Waals surface area contributed by atoms with Gasteiger partial charge in [0.2, 0.25) is 0 Å². The van der Waals surface area contributed by atoms with Crippen molar-refractivity contribution in [1.29, 1.82) is 0 Å². The van der Waals surface area contributed by atoms with E-state index in [1.807, 2.05) is 19.9 Å². The van der Waals surface area contributed by atoms with Crippen LogP contribution in [0.2, 0.25) is 0 Å². The van der Waals surface area contributed by atoms with Crippen LogP contribution in [-0.2, 0) is 9.53 Å². The van der Waals surface area contributed by atoms with Crippen molar-refractivity contribution in [3.8, 4) is 0 Å². The van der Waals surface area contributed by atoms with Gasteiger partial charge in [0, 0.05) is 24.7 Å². The van der Waals surface area contributed by atoms with Crippen molar-refractivity contribution in [2.45, 2.75) is 31.9 Å². The molecule has 4 nitrogen and oxygen atoms in total. The fourth-order valence-corrected chi connectivity index (χ4v) is 2.78. The third kappa shape index (κ3) is 3.16. The summed E-state index contributed by atoms with van der Waals surface area (Å²) in [5, 5.41) is 8.64. The van der Waals surface area contributed by atoms with Gasteiger partial charge in [0.05, 0.1) is 5.60 Å². The van der Waals surface area contributed by atoms with Gasteiger partial charge < -0.3 is 9.84 Å². The Kier molecular flexibility index (Phi) is 4.40. The quantitative estimate of drug-likeness (QED) is 0.870. The number of aliphatic carboxylic acids is 1. The van der Waals surface area contributed by atoms with Crippen LogP contribution in [-0.4, -0.2) is 41.3 Å². The summed E-state index contributed by atoms with van der Waals surface area (Å²) in [5.41, 5.74) is 0.243. The van der Waals surface area contributed by atoms with Gasteiger partial charge in [-0.15, -0.1) is 0 Å². The van der Waals surface area contributed by atoms with Crippen molar-refractivity contribution in [3.05, 3.63) is 35.6 Å². The maximum absolute atomic E-state index is 13.9. The molecular formula is C15H20FNO3. The molecule has 1 aliphatic rings. The van der Waals surface area contributed by atoms with Gasteiger partial charge in [-0.3, -0.25) is 4.90 Å². The molecule has 1 saturated heterocycles. The standard InChI is InChI=1S/C15H20FNO3/c1-3-13(11-6-4-5-7-12(11)16)17-9-15(2,10-17)20-8-14(18)19/h4-7,13H,3,8-10H2,1-2H3,(H,18,19). The maximum atomic E-state index is 13.9. The number of rotatable bonds is 6. The van der Waals surface area contributed by atoms with Crippen LogP contribution in [0.25, 0.3) is 0 Å². The highest BCUT2D eigenvalue weighted by molar-refractivity contribution is 5.68. The Hall–Kier alpha value is -1.46. The zero-order chi connectivity index (χ0) is 14.8. The highest BCUT2D eigenvalue weighted by Gasteiger charge is 2.43. The Balaban J connectivity index is 1.99. The molecule has 1 N–H and O–H groups in total. The molecule has 2 rings (SSSR count). The van der Waals surface area contributed by atoms with E-state index < -0.39 is 11.6 Å². The van der Waals surface area contributed by atoms with Crippen molar-refractivity contribution < 1.29 is 19.0 Å². The van der Waals surface area contributed by atoms with Crippen LogP contribution in [0.5, 0.6) is 0 Å². The van der Waals surface area contributed by atoms with Crippen LogP contribution in [0, 0.1) is 5.82 Å². The number of benzene rings is 1. The van der Waals surface area contributed by atoms with Crippen LogP contribution >= 0.6 is 0 Å². The molecule has 1 aromatic carbocycles. The zero-order valence-electron chi connectivity index (χ0n) is 11.8.